The van der Waals surface area contributed by atoms with E-state index in [1.54, 1.807) is 0 Å². The van der Waals surface area contributed by atoms with Crippen molar-refractivity contribution in [1.29, 1.82) is 0 Å². The average molecular weight is 238 g/mol. The predicted molar refractivity (Wildman–Crippen MR) is 73.3 cm³/mol. The van der Waals surface area contributed by atoms with Gasteiger partial charge in [-0.3, -0.25) is 4.98 Å². The minimum Gasteiger partial charge on any atom is -0.304 e. The molecule has 0 saturated carbocycles. The minimum absolute atomic E-state index is 0.490. The molecule has 0 aliphatic heterocycles. The van der Waals surface area contributed by atoms with Gasteiger partial charge in [0.1, 0.15) is 0 Å². The van der Waals surface area contributed by atoms with Crippen LogP contribution in [-0.2, 0) is 13.0 Å². The lowest BCUT2D eigenvalue weighted by Gasteiger charge is -2.13. The van der Waals surface area contributed by atoms with Crippen molar-refractivity contribution >= 4 is 0 Å². The van der Waals surface area contributed by atoms with Gasteiger partial charge in [-0.1, -0.05) is 30.3 Å². The van der Waals surface area contributed by atoms with Crippen LogP contribution < -0.4 is 5.32 Å². The van der Waals surface area contributed by atoms with Crippen molar-refractivity contribution in [3.63, 3.8) is 0 Å². The summed E-state index contributed by atoms with van der Waals surface area (Å²) in [5, 5.41) is 3.61. The summed E-state index contributed by atoms with van der Waals surface area (Å²) < 4.78 is 0. The topological polar surface area (TPSA) is 24.9 Å². The first-order valence-corrected chi connectivity index (χ1v) is 6.55. The molecule has 1 unspecified atom stereocenters. The summed E-state index contributed by atoms with van der Waals surface area (Å²) in [6.45, 7) is 2.91. The molecule has 92 valence electrons. The smallest absolute Gasteiger partial charge is 0.0542 e. The van der Waals surface area contributed by atoms with E-state index in [0.29, 0.717) is 6.04 Å². The Bertz CT molecular complexity index is 531. The Morgan fingerprint density at radius 3 is 2.94 bits per heavy atom. The van der Waals surface area contributed by atoms with Gasteiger partial charge in [-0.15, -0.1) is 0 Å². The maximum Gasteiger partial charge on any atom is 0.0542 e. The molecular formula is C16H18N2. The van der Waals surface area contributed by atoms with Gasteiger partial charge in [-0.05, 0) is 42.5 Å². The first kappa shape index (κ1) is 11.4. The third-order valence-corrected chi connectivity index (χ3v) is 3.64. The van der Waals surface area contributed by atoms with E-state index in [4.69, 9.17) is 0 Å². The van der Waals surface area contributed by atoms with E-state index in [-0.39, 0.29) is 0 Å². The van der Waals surface area contributed by atoms with Gasteiger partial charge >= 0.3 is 0 Å². The van der Waals surface area contributed by atoms with Crippen molar-refractivity contribution < 1.29 is 0 Å². The number of rotatable bonds is 3. The molecule has 1 atom stereocenters. The fourth-order valence-corrected chi connectivity index (χ4v) is 2.60. The number of hydrogen-bond donors (Lipinski definition) is 1. The fourth-order valence-electron chi connectivity index (χ4n) is 2.60. The highest BCUT2D eigenvalue weighted by molar-refractivity contribution is 5.34. The molecule has 1 aliphatic rings. The number of hydrogen-bond acceptors (Lipinski definition) is 2. The van der Waals surface area contributed by atoms with Crippen LogP contribution in [0.2, 0.25) is 0 Å². The van der Waals surface area contributed by atoms with Gasteiger partial charge in [-0.2, -0.15) is 0 Å². The Balaban J connectivity index is 1.67. The molecule has 1 aromatic carbocycles. The molecule has 0 amide bonds. The average Bonchev–Trinajstić information content (AvgIpc) is 2.82. The van der Waals surface area contributed by atoms with E-state index >= 15 is 0 Å². The fraction of sp³-hybridized carbons (Fsp3) is 0.312. The van der Waals surface area contributed by atoms with Crippen LogP contribution in [0.25, 0.3) is 0 Å². The first-order chi connectivity index (χ1) is 8.83. The zero-order valence-corrected chi connectivity index (χ0v) is 10.7. The Morgan fingerprint density at radius 2 is 2.11 bits per heavy atom. The van der Waals surface area contributed by atoms with Crippen molar-refractivity contribution in [2.45, 2.75) is 32.4 Å². The molecule has 1 aliphatic carbocycles. The number of fused-ring (bicyclic) bond motifs is 1. The maximum absolute atomic E-state index is 4.43. The van der Waals surface area contributed by atoms with Crippen LogP contribution >= 0.6 is 0 Å². The SMILES string of the molecule is Cc1ccc(CNC2CCc3ccccc32)nc1. The van der Waals surface area contributed by atoms with Crippen molar-refractivity contribution in [2.24, 2.45) is 0 Å². The molecule has 18 heavy (non-hydrogen) atoms. The van der Waals surface area contributed by atoms with Crippen LogP contribution in [0.1, 0.15) is 34.8 Å². The lowest BCUT2D eigenvalue weighted by molar-refractivity contribution is 0.525. The van der Waals surface area contributed by atoms with Gasteiger partial charge in [0.15, 0.2) is 0 Å². The van der Waals surface area contributed by atoms with Gasteiger partial charge in [0, 0.05) is 18.8 Å². The third kappa shape index (κ3) is 2.29. The highest BCUT2D eigenvalue weighted by Crippen LogP contribution is 2.30. The van der Waals surface area contributed by atoms with Crippen LogP contribution in [0.3, 0.4) is 0 Å². The van der Waals surface area contributed by atoms with E-state index < -0.39 is 0 Å². The predicted octanol–water partition coefficient (Wildman–Crippen LogP) is 3.17. The van der Waals surface area contributed by atoms with Crippen molar-refractivity contribution in [2.75, 3.05) is 0 Å². The summed E-state index contributed by atoms with van der Waals surface area (Å²) in [4.78, 5) is 4.43. The van der Waals surface area contributed by atoms with Crippen LogP contribution in [-0.4, -0.2) is 4.98 Å². The van der Waals surface area contributed by atoms with E-state index in [2.05, 4.69) is 53.6 Å². The lowest BCUT2D eigenvalue weighted by Crippen LogP contribution is -2.19. The first-order valence-electron chi connectivity index (χ1n) is 6.55. The number of nitrogens with one attached hydrogen (secondary N) is 1. The quantitative estimate of drug-likeness (QED) is 0.888. The molecule has 0 spiro atoms. The molecular weight excluding hydrogens is 220 g/mol. The lowest BCUT2D eigenvalue weighted by atomic mass is 10.1. The number of aromatic nitrogens is 1. The molecule has 0 saturated heterocycles. The number of benzene rings is 1. The highest BCUT2D eigenvalue weighted by Gasteiger charge is 2.20. The molecule has 0 fully saturated rings. The molecule has 1 aromatic heterocycles. The van der Waals surface area contributed by atoms with E-state index in [0.717, 1.165) is 12.2 Å². The van der Waals surface area contributed by atoms with Gasteiger partial charge in [-0.25, -0.2) is 0 Å². The zero-order valence-electron chi connectivity index (χ0n) is 10.7. The molecule has 0 radical (unpaired) electrons. The molecule has 2 aromatic rings. The molecule has 1 N–H and O–H groups in total. The Morgan fingerprint density at radius 1 is 1.22 bits per heavy atom. The summed E-state index contributed by atoms with van der Waals surface area (Å²) in [6.07, 6.45) is 4.32. The summed E-state index contributed by atoms with van der Waals surface area (Å²) in [7, 11) is 0. The van der Waals surface area contributed by atoms with Gasteiger partial charge < -0.3 is 5.32 Å². The van der Waals surface area contributed by atoms with E-state index in [1.165, 1.54) is 29.5 Å². The number of nitrogens with zero attached hydrogens (tertiary/aromatic N) is 1. The zero-order chi connectivity index (χ0) is 12.4. The molecule has 1 heterocycles. The Kier molecular flexibility index (Phi) is 3.11. The summed E-state index contributed by atoms with van der Waals surface area (Å²) in [5.74, 6) is 0. The van der Waals surface area contributed by atoms with Gasteiger partial charge in [0.25, 0.3) is 0 Å². The monoisotopic (exact) mass is 238 g/mol. The number of pyridine rings is 1. The second kappa shape index (κ2) is 4.91. The van der Waals surface area contributed by atoms with Crippen LogP contribution in [0.5, 0.6) is 0 Å². The summed E-state index contributed by atoms with van der Waals surface area (Å²) >= 11 is 0. The Hall–Kier alpha value is -1.67. The largest absolute Gasteiger partial charge is 0.304 e. The van der Waals surface area contributed by atoms with Crippen molar-refractivity contribution in [1.82, 2.24) is 10.3 Å². The van der Waals surface area contributed by atoms with Crippen molar-refractivity contribution in [3.05, 3.63) is 65.0 Å². The second-order valence-corrected chi connectivity index (χ2v) is 5.00. The minimum atomic E-state index is 0.490. The summed E-state index contributed by atoms with van der Waals surface area (Å²) in [6, 6.07) is 13.4. The van der Waals surface area contributed by atoms with Gasteiger partial charge in [0.05, 0.1) is 5.69 Å². The molecule has 0 bridgehead atoms. The summed E-state index contributed by atoms with van der Waals surface area (Å²) in [5.41, 5.74) is 5.28. The number of aryl methyl sites for hydroxylation is 2. The maximum atomic E-state index is 4.43. The molecule has 2 nitrogen and oxygen atoms in total. The standard InChI is InChI=1S/C16H18N2/c1-12-6-8-14(17-10-12)11-18-16-9-7-13-4-2-3-5-15(13)16/h2-6,8,10,16,18H,7,9,11H2,1H3. The Labute approximate surface area is 108 Å². The molecule has 2 heteroatoms. The van der Waals surface area contributed by atoms with Crippen LogP contribution in [0.4, 0.5) is 0 Å². The second-order valence-electron chi connectivity index (χ2n) is 5.00. The van der Waals surface area contributed by atoms with Crippen LogP contribution in [0.15, 0.2) is 42.6 Å². The van der Waals surface area contributed by atoms with Crippen LogP contribution in [0, 0.1) is 6.92 Å². The van der Waals surface area contributed by atoms with E-state index in [9.17, 15) is 0 Å². The van der Waals surface area contributed by atoms with E-state index in [1.807, 2.05) is 6.20 Å². The van der Waals surface area contributed by atoms with Crippen molar-refractivity contribution in [3.8, 4) is 0 Å². The van der Waals surface area contributed by atoms with Gasteiger partial charge in [0.2, 0.25) is 0 Å². The normalized spacial score (nSPS) is 17.7. The molecule has 3 rings (SSSR count). The third-order valence-electron chi connectivity index (χ3n) is 3.64. The highest BCUT2D eigenvalue weighted by atomic mass is 14.9.